The first-order chi connectivity index (χ1) is 10.3. The van der Waals surface area contributed by atoms with Crippen molar-refractivity contribution in [3.05, 3.63) is 16.1 Å². The first-order valence-electron chi connectivity index (χ1n) is 7.37. The van der Waals surface area contributed by atoms with E-state index in [0.717, 1.165) is 36.1 Å². The average molecular weight is 335 g/mol. The first-order valence-corrected chi connectivity index (χ1v) is 8.25. The first kappa shape index (κ1) is 17.2. The molecule has 1 aromatic heterocycles. The number of hydrogen-bond donors (Lipinski definition) is 2. The minimum atomic E-state index is -4.44. The Morgan fingerprint density at radius 2 is 2.32 bits per heavy atom. The van der Waals surface area contributed by atoms with E-state index in [0.29, 0.717) is 11.4 Å². The zero-order valence-electron chi connectivity index (χ0n) is 12.5. The summed E-state index contributed by atoms with van der Waals surface area (Å²) < 4.78 is 37.8. The smallest absolute Gasteiger partial charge is 0.347 e. The summed E-state index contributed by atoms with van der Waals surface area (Å²) in [4.78, 5) is 15.9. The molecule has 1 aliphatic rings. The molecule has 0 aromatic carbocycles. The molecule has 22 heavy (non-hydrogen) atoms. The number of hydrogen-bond acceptors (Lipinski definition) is 4. The van der Waals surface area contributed by atoms with Crippen LogP contribution in [0.5, 0.6) is 0 Å². The third-order valence-electron chi connectivity index (χ3n) is 3.83. The summed E-state index contributed by atoms with van der Waals surface area (Å²) in [5.41, 5.74) is -0.893. The zero-order chi connectivity index (χ0) is 16.3. The summed E-state index contributed by atoms with van der Waals surface area (Å²) in [6, 6.07) is -0.180. The van der Waals surface area contributed by atoms with Gasteiger partial charge >= 0.3 is 6.18 Å². The second kappa shape index (κ2) is 6.95. The van der Waals surface area contributed by atoms with Gasteiger partial charge in [0, 0.05) is 17.3 Å². The molecule has 1 unspecified atom stereocenters. The van der Waals surface area contributed by atoms with Crippen LogP contribution in [0.2, 0.25) is 0 Å². The molecule has 0 saturated carbocycles. The lowest BCUT2D eigenvalue weighted by molar-refractivity contribution is -0.140. The number of alkyl halides is 3. The molecule has 2 rings (SSSR count). The summed E-state index contributed by atoms with van der Waals surface area (Å²) in [6.45, 7) is 4.63. The normalized spacial score (nSPS) is 24.0. The average Bonchev–Trinajstić information content (AvgIpc) is 2.94. The molecular weight excluding hydrogens is 315 g/mol. The molecule has 4 nitrogen and oxygen atoms in total. The van der Waals surface area contributed by atoms with Gasteiger partial charge in [-0.3, -0.25) is 4.79 Å². The van der Waals surface area contributed by atoms with Gasteiger partial charge < -0.3 is 10.6 Å². The Kier molecular flexibility index (Phi) is 5.44. The monoisotopic (exact) mass is 335 g/mol. The van der Waals surface area contributed by atoms with Crippen LogP contribution in [0.1, 0.15) is 49.9 Å². The summed E-state index contributed by atoms with van der Waals surface area (Å²) in [7, 11) is 0. The number of thiazole rings is 1. The van der Waals surface area contributed by atoms with Gasteiger partial charge in [0.25, 0.3) is 0 Å². The molecule has 1 amide bonds. The second-order valence-electron chi connectivity index (χ2n) is 5.61. The van der Waals surface area contributed by atoms with Crippen molar-refractivity contribution in [2.24, 2.45) is 5.92 Å². The maximum atomic E-state index is 12.6. The second-order valence-corrected chi connectivity index (χ2v) is 6.50. The maximum Gasteiger partial charge on any atom is 0.434 e. The molecule has 0 spiro atoms. The van der Waals surface area contributed by atoms with Gasteiger partial charge in [0.05, 0.1) is 6.04 Å². The molecule has 1 aliphatic heterocycles. The van der Waals surface area contributed by atoms with Gasteiger partial charge in [-0.05, 0) is 32.7 Å². The van der Waals surface area contributed by atoms with Crippen molar-refractivity contribution < 1.29 is 18.0 Å². The van der Waals surface area contributed by atoms with E-state index in [1.165, 1.54) is 0 Å². The van der Waals surface area contributed by atoms with Crippen molar-refractivity contribution in [1.82, 2.24) is 15.6 Å². The van der Waals surface area contributed by atoms with Crippen molar-refractivity contribution in [3.8, 4) is 0 Å². The number of halogens is 3. The third-order valence-corrected chi connectivity index (χ3v) is 4.79. The Morgan fingerprint density at radius 1 is 1.59 bits per heavy atom. The highest BCUT2D eigenvalue weighted by molar-refractivity contribution is 7.09. The Morgan fingerprint density at radius 3 is 2.86 bits per heavy atom. The van der Waals surface area contributed by atoms with E-state index in [-0.39, 0.29) is 17.9 Å². The van der Waals surface area contributed by atoms with Gasteiger partial charge in [0.2, 0.25) is 5.91 Å². The Balaban J connectivity index is 2.02. The van der Waals surface area contributed by atoms with Gasteiger partial charge in [0.1, 0.15) is 5.01 Å². The molecule has 1 saturated heterocycles. The summed E-state index contributed by atoms with van der Waals surface area (Å²) in [5.74, 6) is -0.184. The molecule has 3 atom stereocenters. The lowest BCUT2D eigenvalue weighted by atomic mass is 9.92. The van der Waals surface area contributed by atoms with Gasteiger partial charge in [-0.1, -0.05) is 6.92 Å². The van der Waals surface area contributed by atoms with E-state index >= 15 is 0 Å². The minimum absolute atomic E-state index is 0.0904. The Labute approximate surface area is 131 Å². The molecule has 2 heterocycles. The topological polar surface area (TPSA) is 54.0 Å². The van der Waals surface area contributed by atoms with E-state index in [9.17, 15) is 18.0 Å². The van der Waals surface area contributed by atoms with Crippen LogP contribution in [-0.2, 0) is 11.0 Å². The van der Waals surface area contributed by atoms with E-state index in [1.807, 2.05) is 13.8 Å². The van der Waals surface area contributed by atoms with Crippen molar-refractivity contribution in [2.45, 2.75) is 51.4 Å². The van der Waals surface area contributed by atoms with Gasteiger partial charge in [-0.15, -0.1) is 11.3 Å². The third kappa shape index (κ3) is 4.19. The largest absolute Gasteiger partial charge is 0.434 e. The Bertz CT molecular complexity index is 518. The lowest BCUT2D eigenvalue weighted by Gasteiger charge is -2.28. The standard InChI is InChI=1S/C14H20F3N3OS/c1-3-10(13-20-11(7-22-13)14(15,16)17)19-12(21)9-4-5-18-8(2)6-9/h7-10,18H,3-6H2,1-2H3,(H,19,21)/t8-,9-,10?/m0/s1. The summed E-state index contributed by atoms with van der Waals surface area (Å²) >= 11 is 0.940. The highest BCUT2D eigenvalue weighted by Crippen LogP contribution is 2.32. The molecule has 124 valence electrons. The molecule has 2 N–H and O–H groups in total. The molecule has 0 bridgehead atoms. The highest BCUT2D eigenvalue weighted by atomic mass is 32.1. The van der Waals surface area contributed by atoms with E-state index in [4.69, 9.17) is 0 Å². The van der Waals surface area contributed by atoms with Gasteiger partial charge in [0.15, 0.2) is 5.69 Å². The van der Waals surface area contributed by atoms with Crippen LogP contribution in [0.3, 0.4) is 0 Å². The van der Waals surface area contributed by atoms with Gasteiger partial charge in [-0.25, -0.2) is 4.98 Å². The van der Waals surface area contributed by atoms with Crippen LogP contribution in [0.15, 0.2) is 5.38 Å². The highest BCUT2D eigenvalue weighted by Gasteiger charge is 2.35. The molecule has 0 radical (unpaired) electrons. The van der Waals surface area contributed by atoms with Crippen molar-refractivity contribution in [1.29, 1.82) is 0 Å². The fourth-order valence-electron chi connectivity index (χ4n) is 2.58. The fourth-order valence-corrected chi connectivity index (χ4v) is 3.54. The molecule has 0 aliphatic carbocycles. The lowest BCUT2D eigenvalue weighted by Crippen LogP contribution is -2.43. The zero-order valence-corrected chi connectivity index (χ0v) is 13.4. The number of aromatic nitrogens is 1. The maximum absolute atomic E-state index is 12.6. The van der Waals surface area contributed by atoms with E-state index < -0.39 is 17.9 Å². The number of amides is 1. The molecule has 8 heteroatoms. The predicted octanol–water partition coefficient (Wildman–Crippen LogP) is 3.12. The number of rotatable bonds is 4. The van der Waals surface area contributed by atoms with Crippen LogP contribution < -0.4 is 10.6 Å². The van der Waals surface area contributed by atoms with Crippen LogP contribution >= 0.6 is 11.3 Å². The number of nitrogens with one attached hydrogen (secondary N) is 2. The van der Waals surface area contributed by atoms with Crippen LogP contribution in [0.25, 0.3) is 0 Å². The van der Waals surface area contributed by atoms with Crippen LogP contribution in [0.4, 0.5) is 13.2 Å². The van der Waals surface area contributed by atoms with E-state index in [1.54, 1.807) is 0 Å². The SMILES string of the molecule is CCC(NC(=O)[C@H]1CCN[C@@H](C)C1)c1nc(C(F)(F)F)cs1. The number of carbonyl (C=O) groups is 1. The quantitative estimate of drug-likeness (QED) is 0.889. The summed E-state index contributed by atoms with van der Waals surface area (Å²) in [6.07, 6.45) is -2.44. The van der Waals surface area contributed by atoms with Crippen LogP contribution in [-0.4, -0.2) is 23.5 Å². The van der Waals surface area contributed by atoms with Gasteiger partial charge in [-0.2, -0.15) is 13.2 Å². The molecule has 1 aromatic rings. The number of carbonyl (C=O) groups excluding carboxylic acids is 1. The van der Waals surface area contributed by atoms with Crippen molar-refractivity contribution in [3.63, 3.8) is 0 Å². The number of nitrogens with zero attached hydrogens (tertiary/aromatic N) is 1. The Hall–Kier alpha value is -1.15. The van der Waals surface area contributed by atoms with Crippen molar-refractivity contribution >= 4 is 17.2 Å². The summed E-state index contributed by atoms with van der Waals surface area (Å²) in [5, 5.41) is 7.43. The minimum Gasteiger partial charge on any atom is -0.347 e. The fraction of sp³-hybridized carbons (Fsp3) is 0.714. The van der Waals surface area contributed by atoms with Crippen molar-refractivity contribution in [2.75, 3.05) is 6.54 Å². The number of piperidine rings is 1. The predicted molar refractivity (Wildman–Crippen MR) is 78.5 cm³/mol. The van der Waals surface area contributed by atoms with Crippen LogP contribution in [0, 0.1) is 5.92 Å². The molecule has 1 fully saturated rings. The van der Waals surface area contributed by atoms with E-state index in [2.05, 4.69) is 15.6 Å². The molecular formula is C14H20F3N3OS.